The van der Waals surface area contributed by atoms with Gasteiger partial charge in [0.15, 0.2) is 57.5 Å². The molecule has 0 N–H and O–H groups in total. The number of methoxy groups -OCH3 is 10. The molecule has 5 fully saturated rings. The van der Waals surface area contributed by atoms with Crippen LogP contribution in [0.3, 0.4) is 0 Å². The second kappa shape index (κ2) is 41.7. The number of nitrogens with zero attached hydrogens (tertiary/aromatic N) is 5. The minimum atomic E-state index is -4.21. The summed E-state index contributed by atoms with van der Waals surface area (Å²) in [5.41, 5.74) is -3.43. The average molecular weight is 1700 g/mol. The highest BCUT2D eigenvalue weighted by Gasteiger charge is 2.45. The van der Waals surface area contributed by atoms with E-state index in [0.29, 0.717) is 37.0 Å². The highest BCUT2D eigenvalue weighted by atomic mass is 16.5. The van der Waals surface area contributed by atoms with Crippen LogP contribution < -0.4 is 47.4 Å². The molecule has 10 aliphatic rings. The maximum absolute atomic E-state index is 13.9. The van der Waals surface area contributed by atoms with Gasteiger partial charge in [-0.25, -0.2) is 0 Å². The zero-order valence-corrected chi connectivity index (χ0v) is 66.7. The number of rotatable bonds is 23. The monoisotopic (exact) mass is 1700 g/mol. The van der Waals surface area contributed by atoms with Crippen molar-refractivity contribution in [3.63, 3.8) is 0 Å². The number of hydrogen-bond donors (Lipinski definition) is 0. The fourth-order valence-corrected chi connectivity index (χ4v) is 14.2. The summed E-state index contributed by atoms with van der Waals surface area (Å²) in [7, 11) is -9.94. The van der Waals surface area contributed by atoms with Gasteiger partial charge < -0.3 is 47.4 Å². The van der Waals surface area contributed by atoms with Crippen LogP contribution in [0.2, 0.25) is 0 Å². The van der Waals surface area contributed by atoms with E-state index in [9.17, 15) is 25.3 Å². The van der Waals surface area contributed by atoms with Crippen molar-refractivity contribution >= 4 is 28.9 Å². The first-order valence-corrected chi connectivity index (χ1v) is 37.2. The topological polar surface area (TPSA) is 194 Å². The van der Waals surface area contributed by atoms with Gasteiger partial charge in [0, 0.05) is 217 Å². The SMILES string of the molecule is [2H]c1c(OC)c(OC([2H])([2H])[2H])c([2H])c2c1C1([2H])CC(=O)C(C([2H])([2H])C([2H])(C([2H])([2H])[2H])C([2H])([2H])C)CN1C([2H])([2H])C2([2H])[2H].[2H]c1c(OC)c(OC([2H])([2H])[2H])c([2H])c2c1C1([2H])CC(=O)C(CC(C)C)CN1C([2H])([2H])C2([2H])[2H].[2H]c1c2c(c([2H])c(OC)c1OC([2H])([2H])[2H])C1CC(=O)C(C([2H])([2H])C([2H])(C([2H])([2H])[2H])C([2H])([2H])C)C([2H])([2H])N1CC2.[2H]c1c2c(c([2H])c(OC)c1OC([2H])([2H])[2H])C1N(CC2)C([2H])([2H])C([2H])(C([2H])([2H])C([2H])(C([2H])([2H])[2H])C([2H])([2H])C)C(=O)C1([2H])[2H].[2H]c1c2c(c([2H])c(OC)c1OC([2H])([2H])[2H])C1N(CC2)C([2H])([2H])C([2H])(CC(C)C)C(=O)C1([2H])[2H]. The molecule has 648 valence electrons. The Labute approximate surface area is 805 Å². The van der Waals surface area contributed by atoms with Crippen LogP contribution in [0.15, 0.2) is 60.4 Å². The standard InChI is InChI=1S/3C20H29NO3.2C19H27NO3/c3*1-5-13(2)8-15-12-21-7-6-14-9-19(23-3)20(24-4)10-16(14)17(21)11-18(15)22;2*1-12(2)7-14-11-20-6-5-13-8-18(22-3)19(23-4)9-15(13)16(20)10-17(14)21/h3*9-10,13,15,17H,5-8,11-12H2,1-4H3;2*8-9,12,14,16H,5-7,10-11H2,1-4H3/i2D3,3D3,5D2,8D2,9D,10D,11D2,12D2,13D,15D;2D3,3D3,5D2,6D2,7D2,8D2,9D,10D,13D,17D;2D3,3D3,5D2,8D2,9D,10D,12D2,13D;3D3,8D,9D,10D2,11D2,14D;3D3,5D2,6D2,8D,9D,16D. The molecule has 5 saturated heterocycles. The normalized spacial score (nSPS) is 42.2. The summed E-state index contributed by atoms with van der Waals surface area (Å²) in [5.74, 6) is -35.0. The summed E-state index contributed by atoms with van der Waals surface area (Å²) in [4.78, 5) is 71.3. The molecule has 5 aromatic carbocycles. The Morgan fingerprint density at radius 1 is 0.398 bits per heavy atom. The van der Waals surface area contributed by atoms with Crippen molar-refractivity contribution in [3.8, 4) is 57.5 Å². The van der Waals surface area contributed by atoms with E-state index in [1.165, 1.54) is 0 Å². The molecule has 20 heteroatoms. The maximum atomic E-state index is 13.9. The van der Waals surface area contributed by atoms with Gasteiger partial charge in [0.2, 0.25) is 0 Å². The molecule has 15 rings (SSSR count). The molecule has 20 nitrogen and oxygen atoms in total. The molecule has 0 aromatic heterocycles. The third-order valence-electron chi connectivity index (χ3n) is 19.9. The van der Waals surface area contributed by atoms with E-state index in [1.54, 1.807) is 13.8 Å². The van der Waals surface area contributed by atoms with Crippen molar-refractivity contribution in [1.82, 2.24) is 24.5 Å². The number of Topliss-reactive ketones (excluding diaryl/α,β-unsaturated/α-hetero) is 5. The first-order valence-electron chi connectivity index (χ1n) is 72.7. The van der Waals surface area contributed by atoms with E-state index < -0.39 is 437 Å². The number of ether oxygens (including phenoxy) is 10. The van der Waals surface area contributed by atoms with Gasteiger partial charge in [-0.05, 0) is 210 Å². The zero-order chi connectivity index (χ0) is 147. The average Bonchev–Trinajstić information content (AvgIpc) is 0.655. The molecule has 13 unspecified atom stereocenters. The lowest BCUT2D eigenvalue weighted by Crippen LogP contribution is -2.46. The summed E-state index contributed by atoms with van der Waals surface area (Å²) in [6, 6.07) is -16.5. The van der Waals surface area contributed by atoms with Gasteiger partial charge in [0.05, 0.1) is 108 Å². The lowest BCUT2D eigenvalue weighted by molar-refractivity contribution is -0.130. The number of ketones is 5. The molecule has 0 saturated carbocycles. The summed E-state index contributed by atoms with van der Waals surface area (Å²) in [5, 5.41) is 0. The van der Waals surface area contributed by atoms with Crippen molar-refractivity contribution in [2.24, 2.45) is 59.1 Å². The van der Waals surface area contributed by atoms with Crippen molar-refractivity contribution in [2.45, 2.75) is 214 Å². The Hall–Kier alpha value is -7.75. The number of benzene rings is 5. The highest BCUT2D eigenvalue weighted by molar-refractivity contribution is 5.86. The minimum absolute atomic E-state index is 0.0176. The number of carbonyl (C=O) groups is 5. The summed E-state index contributed by atoms with van der Waals surface area (Å²) in [6.07, 6.45) is -35.9. The third-order valence-corrected chi connectivity index (χ3v) is 19.9. The van der Waals surface area contributed by atoms with Gasteiger partial charge in [0.25, 0.3) is 0 Å². The van der Waals surface area contributed by atoms with Crippen molar-refractivity contribution < 1.29 is 169 Å². The molecule has 10 aliphatic heterocycles. The van der Waals surface area contributed by atoms with E-state index in [0.717, 1.165) is 50.2 Å². The molecule has 0 amide bonds. The molecule has 5 aromatic rings. The van der Waals surface area contributed by atoms with Gasteiger partial charge in [-0.2, -0.15) is 0 Å². The molecule has 13 atom stereocenters. The molecular formula is C98H141N5O15. The van der Waals surface area contributed by atoms with Gasteiger partial charge in [-0.15, -0.1) is 0 Å². The van der Waals surface area contributed by atoms with Crippen LogP contribution in [-0.4, -0.2) is 189 Å². The second-order valence-electron chi connectivity index (χ2n) is 28.3. The third kappa shape index (κ3) is 21.0. The van der Waals surface area contributed by atoms with E-state index in [2.05, 4.69) is 0 Å². The van der Waals surface area contributed by atoms with E-state index >= 15 is 0 Å². The number of carbonyl (C=O) groups excluding carboxylic acids is 5. The Morgan fingerprint density at radius 3 is 1.14 bits per heavy atom. The lowest BCUT2D eigenvalue weighted by atomic mass is 9.79. The lowest BCUT2D eigenvalue weighted by Gasteiger charge is -2.43. The molecule has 0 aliphatic carbocycles. The van der Waals surface area contributed by atoms with Crippen LogP contribution in [0.1, 0.15) is 335 Å². The first kappa shape index (κ1) is 36.0. The quantitative estimate of drug-likeness (QED) is 0.0598. The Bertz CT molecular complexity index is 7680. The predicted molar refractivity (Wildman–Crippen MR) is 465 cm³/mol. The van der Waals surface area contributed by atoms with Crippen LogP contribution in [-0.2, 0) is 56.0 Å². The second-order valence-corrected chi connectivity index (χ2v) is 28.3. The van der Waals surface area contributed by atoms with Crippen LogP contribution in [0.4, 0.5) is 0 Å². The molecule has 0 bridgehead atoms. The minimum Gasteiger partial charge on any atom is -0.493 e. The fraction of sp³-hybridized carbons (Fsp3) is 0.643. The number of fused-ring (bicyclic) bond motifs is 15. The van der Waals surface area contributed by atoms with Crippen LogP contribution in [0.5, 0.6) is 57.5 Å². The van der Waals surface area contributed by atoms with Crippen LogP contribution in [0.25, 0.3) is 0 Å². The Kier molecular flexibility index (Phi) is 12.7. The van der Waals surface area contributed by atoms with Crippen LogP contribution in [0, 0.1) is 59.1 Å². The Balaban J connectivity index is 0.000000219. The zero-order valence-electron chi connectivity index (χ0n) is 138. The molecule has 118 heavy (non-hydrogen) atoms. The highest BCUT2D eigenvalue weighted by Crippen LogP contribution is 2.49. The smallest absolute Gasteiger partial charge is 0.161 e. The van der Waals surface area contributed by atoms with Gasteiger partial charge in [0.1, 0.15) is 28.9 Å². The van der Waals surface area contributed by atoms with Crippen LogP contribution >= 0.6 is 0 Å². The van der Waals surface area contributed by atoms with Gasteiger partial charge in [-0.1, -0.05) is 88.1 Å². The first-order chi connectivity index (χ1) is 84.1. The summed E-state index contributed by atoms with van der Waals surface area (Å²) < 4.78 is 634. The summed E-state index contributed by atoms with van der Waals surface area (Å²) in [6.45, 7) is -19.8. The Morgan fingerprint density at radius 2 is 0.737 bits per heavy atom. The number of piperidine rings is 5. The van der Waals surface area contributed by atoms with Crippen molar-refractivity contribution in [2.75, 3.05) is 136 Å². The van der Waals surface area contributed by atoms with E-state index in [-0.39, 0.29) is 84.3 Å². The number of hydrogen-bond acceptors (Lipinski definition) is 20. The molecule has 0 spiro atoms. The van der Waals surface area contributed by atoms with E-state index in [1.807, 2.05) is 13.8 Å². The fourth-order valence-electron chi connectivity index (χ4n) is 14.2. The molecule has 10 heterocycles. The summed E-state index contributed by atoms with van der Waals surface area (Å²) >= 11 is 0. The maximum Gasteiger partial charge on any atom is 0.161 e. The van der Waals surface area contributed by atoms with Crippen molar-refractivity contribution in [3.05, 3.63) is 116 Å². The van der Waals surface area contributed by atoms with E-state index in [4.69, 9.17) is 143 Å². The van der Waals surface area contributed by atoms with Crippen molar-refractivity contribution in [1.29, 1.82) is 0 Å². The van der Waals surface area contributed by atoms with Gasteiger partial charge >= 0.3 is 0 Å². The molecule has 0 radical (unpaired) electrons. The predicted octanol–water partition coefficient (Wildman–Crippen LogP) is 17.4. The molecular weight excluding hydrogens is 1490 g/mol. The van der Waals surface area contributed by atoms with Gasteiger partial charge in [-0.3, -0.25) is 48.5 Å². The largest absolute Gasteiger partial charge is 0.493 e.